The van der Waals surface area contributed by atoms with Crippen LogP contribution in [0.25, 0.3) is 39.2 Å². The maximum Gasteiger partial charge on any atom is 0.179 e. The molecule has 4 heterocycles. The third-order valence-electron chi connectivity index (χ3n) is 4.31. The largest absolute Gasteiger partial charge is 0.284 e. The average molecular weight is 339 g/mol. The van der Waals surface area contributed by atoms with Crippen LogP contribution in [-0.2, 0) is 0 Å². The smallest absolute Gasteiger partial charge is 0.179 e. The fraction of sp³-hybridized carbons (Fsp3) is 0. The first-order valence-electron chi connectivity index (χ1n) is 8.11. The Balaban J connectivity index is 1.52. The van der Waals surface area contributed by atoms with Gasteiger partial charge < -0.3 is 0 Å². The van der Waals surface area contributed by atoms with Gasteiger partial charge in [0.05, 0.1) is 5.69 Å². The standard InChI is InChI=1S/C19H13N7/c1-3-14(17-11-21-23-19(17)15-7-9-20-10-8-15)4-2-13(1)16-5-6-18-22-24-25-26(18)12-16/h1-12H,(H,21,23). The first-order valence-corrected chi connectivity index (χ1v) is 8.11. The molecule has 0 saturated heterocycles. The van der Waals surface area contributed by atoms with Crippen molar-refractivity contribution in [1.82, 2.24) is 35.2 Å². The fourth-order valence-electron chi connectivity index (χ4n) is 2.99. The van der Waals surface area contributed by atoms with Gasteiger partial charge in [-0.05, 0) is 45.8 Å². The minimum Gasteiger partial charge on any atom is -0.284 e. The second-order valence-corrected chi connectivity index (χ2v) is 5.86. The average Bonchev–Trinajstić information content (AvgIpc) is 3.37. The Morgan fingerprint density at radius 1 is 0.769 bits per heavy atom. The number of nitrogens with zero attached hydrogens (tertiary/aromatic N) is 6. The first-order chi connectivity index (χ1) is 12.9. The van der Waals surface area contributed by atoms with Gasteiger partial charge in [0, 0.05) is 41.5 Å². The fourth-order valence-corrected chi connectivity index (χ4v) is 2.99. The number of hydrogen-bond donors (Lipinski definition) is 1. The third kappa shape index (κ3) is 2.42. The number of nitrogens with one attached hydrogen (secondary N) is 1. The second kappa shape index (κ2) is 5.89. The van der Waals surface area contributed by atoms with E-state index < -0.39 is 0 Å². The minimum atomic E-state index is 0.728. The summed E-state index contributed by atoms with van der Waals surface area (Å²) in [4.78, 5) is 4.07. The van der Waals surface area contributed by atoms with Gasteiger partial charge in [0.2, 0.25) is 0 Å². The molecular formula is C19H13N7. The zero-order chi connectivity index (χ0) is 17.3. The van der Waals surface area contributed by atoms with Gasteiger partial charge in [-0.3, -0.25) is 10.1 Å². The zero-order valence-corrected chi connectivity index (χ0v) is 13.6. The summed E-state index contributed by atoms with van der Waals surface area (Å²) in [7, 11) is 0. The van der Waals surface area contributed by atoms with Crippen LogP contribution < -0.4 is 0 Å². The number of benzene rings is 1. The van der Waals surface area contributed by atoms with E-state index in [0.29, 0.717) is 0 Å². The van der Waals surface area contributed by atoms with Gasteiger partial charge >= 0.3 is 0 Å². The molecule has 124 valence electrons. The summed E-state index contributed by atoms with van der Waals surface area (Å²) < 4.78 is 1.67. The third-order valence-corrected chi connectivity index (χ3v) is 4.31. The number of aromatic nitrogens is 7. The SMILES string of the molecule is c1cc(-c2n[nH]cc2-c2ccc(-c3ccc4nnnn4c3)cc2)ccn1. The number of tetrazole rings is 1. The maximum absolute atomic E-state index is 4.39. The lowest BCUT2D eigenvalue weighted by molar-refractivity contribution is 0.824. The van der Waals surface area contributed by atoms with Crippen LogP contribution in [-0.4, -0.2) is 35.2 Å². The van der Waals surface area contributed by atoms with E-state index in [2.05, 4.69) is 55.0 Å². The molecular weight excluding hydrogens is 326 g/mol. The van der Waals surface area contributed by atoms with Gasteiger partial charge in [-0.2, -0.15) is 5.10 Å². The van der Waals surface area contributed by atoms with Crippen LogP contribution >= 0.6 is 0 Å². The molecule has 0 saturated carbocycles. The summed E-state index contributed by atoms with van der Waals surface area (Å²) in [5.74, 6) is 0. The van der Waals surface area contributed by atoms with E-state index in [1.165, 1.54) is 0 Å². The summed E-state index contributed by atoms with van der Waals surface area (Å²) >= 11 is 0. The Morgan fingerprint density at radius 3 is 2.38 bits per heavy atom. The Hall–Kier alpha value is -3.87. The molecule has 0 aliphatic heterocycles. The Kier molecular flexibility index (Phi) is 3.28. The molecule has 7 heteroatoms. The van der Waals surface area contributed by atoms with Gasteiger partial charge in [0.15, 0.2) is 5.65 Å². The molecule has 1 N–H and O–H groups in total. The van der Waals surface area contributed by atoms with Crippen LogP contribution in [0.5, 0.6) is 0 Å². The highest BCUT2D eigenvalue weighted by atomic mass is 15.5. The zero-order valence-electron chi connectivity index (χ0n) is 13.6. The molecule has 0 aliphatic rings. The van der Waals surface area contributed by atoms with E-state index in [1.807, 2.05) is 36.7 Å². The van der Waals surface area contributed by atoms with Crippen molar-refractivity contribution < 1.29 is 0 Å². The highest BCUT2D eigenvalue weighted by Crippen LogP contribution is 2.31. The molecule has 0 atom stereocenters. The molecule has 0 radical (unpaired) electrons. The lowest BCUT2D eigenvalue weighted by Crippen LogP contribution is -1.89. The van der Waals surface area contributed by atoms with Crippen molar-refractivity contribution in [2.24, 2.45) is 0 Å². The molecule has 5 rings (SSSR count). The molecule has 4 aromatic heterocycles. The van der Waals surface area contributed by atoms with Crippen molar-refractivity contribution in [3.05, 3.63) is 73.3 Å². The van der Waals surface area contributed by atoms with E-state index >= 15 is 0 Å². The Morgan fingerprint density at radius 2 is 1.54 bits per heavy atom. The van der Waals surface area contributed by atoms with Crippen LogP contribution in [0.15, 0.2) is 73.3 Å². The second-order valence-electron chi connectivity index (χ2n) is 5.86. The van der Waals surface area contributed by atoms with Crippen LogP contribution in [0.1, 0.15) is 0 Å². The van der Waals surface area contributed by atoms with Crippen LogP contribution in [0, 0.1) is 0 Å². The van der Waals surface area contributed by atoms with Crippen molar-refractivity contribution in [2.45, 2.75) is 0 Å². The van der Waals surface area contributed by atoms with E-state index in [0.717, 1.165) is 39.2 Å². The van der Waals surface area contributed by atoms with Crippen molar-refractivity contribution in [3.8, 4) is 33.5 Å². The normalized spacial score (nSPS) is 11.1. The number of rotatable bonds is 3. The first kappa shape index (κ1) is 14.5. The highest BCUT2D eigenvalue weighted by Gasteiger charge is 2.11. The molecule has 7 nitrogen and oxygen atoms in total. The summed E-state index contributed by atoms with van der Waals surface area (Å²) in [6.07, 6.45) is 7.38. The topological polar surface area (TPSA) is 84.6 Å². The maximum atomic E-state index is 4.39. The predicted octanol–water partition coefficient (Wildman–Crippen LogP) is 3.24. The van der Waals surface area contributed by atoms with Gasteiger partial charge in [-0.25, -0.2) is 4.52 Å². The highest BCUT2D eigenvalue weighted by molar-refractivity contribution is 5.81. The van der Waals surface area contributed by atoms with Gasteiger partial charge in [0.25, 0.3) is 0 Å². The summed E-state index contributed by atoms with van der Waals surface area (Å²) in [5.41, 5.74) is 6.97. The molecule has 0 bridgehead atoms. The lowest BCUT2D eigenvalue weighted by Gasteiger charge is -2.06. The Labute approximate surface area is 148 Å². The number of hydrogen-bond acceptors (Lipinski definition) is 5. The molecule has 5 aromatic rings. The van der Waals surface area contributed by atoms with E-state index in [-0.39, 0.29) is 0 Å². The van der Waals surface area contributed by atoms with Crippen molar-refractivity contribution in [2.75, 3.05) is 0 Å². The monoisotopic (exact) mass is 339 g/mol. The molecule has 0 spiro atoms. The minimum absolute atomic E-state index is 0.728. The van der Waals surface area contributed by atoms with Crippen LogP contribution in [0.2, 0.25) is 0 Å². The predicted molar refractivity (Wildman–Crippen MR) is 97.0 cm³/mol. The van der Waals surface area contributed by atoms with E-state index in [4.69, 9.17) is 0 Å². The van der Waals surface area contributed by atoms with Gasteiger partial charge in [-0.1, -0.05) is 24.3 Å². The summed E-state index contributed by atoms with van der Waals surface area (Å²) in [5, 5.41) is 18.9. The van der Waals surface area contributed by atoms with Gasteiger partial charge in [-0.15, -0.1) is 5.10 Å². The molecule has 0 unspecified atom stereocenters. The molecule has 0 aliphatic carbocycles. The molecule has 0 amide bonds. The van der Waals surface area contributed by atoms with Crippen molar-refractivity contribution >= 4 is 5.65 Å². The summed E-state index contributed by atoms with van der Waals surface area (Å²) in [6, 6.07) is 16.2. The van der Waals surface area contributed by atoms with Crippen LogP contribution in [0.3, 0.4) is 0 Å². The Bertz CT molecular complexity index is 1170. The molecule has 0 fully saturated rings. The number of aromatic amines is 1. The molecule has 26 heavy (non-hydrogen) atoms. The lowest BCUT2D eigenvalue weighted by atomic mass is 9.99. The van der Waals surface area contributed by atoms with Crippen LogP contribution in [0.4, 0.5) is 0 Å². The molecule has 1 aromatic carbocycles. The number of H-pyrrole nitrogens is 1. The van der Waals surface area contributed by atoms with E-state index in [9.17, 15) is 0 Å². The summed E-state index contributed by atoms with van der Waals surface area (Å²) in [6.45, 7) is 0. The van der Waals surface area contributed by atoms with Crippen molar-refractivity contribution in [1.29, 1.82) is 0 Å². The van der Waals surface area contributed by atoms with Crippen molar-refractivity contribution in [3.63, 3.8) is 0 Å². The number of fused-ring (bicyclic) bond motifs is 1. The quantitative estimate of drug-likeness (QED) is 0.545. The van der Waals surface area contributed by atoms with Gasteiger partial charge in [0.1, 0.15) is 0 Å². The number of pyridine rings is 2. The van der Waals surface area contributed by atoms with E-state index in [1.54, 1.807) is 16.9 Å².